The molecule has 0 unspecified atom stereocenters. The van der Waals surface area contributed by atoms with Gasteiger partial charge in [-0.15, -0.1) is 0 Å². The lowest BCUT2D eigenvalue weighted by Crippen LogP contribution is -2.58. The van der Waals surface area contributed by atoms with Crippen molar-refractivity contribution in [3.8, 4) is 0 Å². The SMILES string of the molecule is CC1(C)CCCC(C)(C)N1CCC(=O)SCCOCCO. The van der Waals surface area contributed by atoms with Gasteiger partial charge in [-0.05, 0) is 47.0 Å². The largest absolute Gasteiger partial charge is 0.394 e. The number of nitrogens with zero attached hydrogens (tertiary/aromatic N) is 1. The van der Waals surface area contributed by atoms with E-state index in [0.717, 1.165) is 6.54 Å². The third-order valence-electron chi connectivity index (χ3n) is 4.30. The number of aliphatic hydroxyl groups excluding tert-OH is 1. The number of hydrogen-bond acceptors (Lipinski definition) is 5. The van der Waals surface area contributed by atoms with Crippen molar-refractivity contribution >= 4 is 16.9 Å². The van der Waals surface area contributed by atoms with E-state index >= 15 is 0 Å². The van der Waals surface area contributed by atoms with Crippen molar-refractivity contribution in [1.29, 1.82) is 0 Å². The number of hydrogen-bond donors (Lipinski definition) is 1. The van der Waals surface area contributed by atoms with Gasteiger partial charge in [0.1, 0.15) is 0 Å². The molecule has 5 heteroatoms. The van der Waals surface area contributed by atoms with Crippen molar-refractivity contribution in [2.45, 2.75) is 64.5 Å². The fraction of sp³-hybridized carbons (Fsp3) is 0.938. The van der Waals surface area contributed by atoms with Crippen molar-refractivity contribution < 1.29 is 14.6 Å². The van der Waals surface area contributed by atoms with Gasteiger partial charge < -0.3 is 9.84 Å². The van der Waals surface area contributed by atoms with E-state index in [9.17, 15) is 4.79 Å². The van der Waals surface area contributed by atoms with Gasteiger partial charge >= 0.3 is 0 Å². The van der Waals surface area contributed by atoms with E-state index in [1.165, 1.54) is 31.0 Å². The first-order chi connectivity index (χ1) is 9.79. The van der Waals surface area contributed by atoms with Crippen molar-refractivity contribution in [3.63, 3.8) is 0 Å². The molecule has 1 heterocycles. The molecule has 0 atom stereocenters. The average Bonchev–Trinajstić information content (AvgIpc) is 2.36. The molecule has 1 N–H and O–H groups in total. The minimum absolute atomic E-state index is 0.0394. The van der Waals surface area contributed by atoms with Gasteiger partial charge in [0, 0.05) is 29.8 Å². The number of rotatable bonds is 8. The Morgan fingerprint density at radius 1 is 1.19 bits per heavy atom. The predicted molar refractivity (Wildman–Crippen MR) is 88.7 cm³/mol. The molecule has 21 heavy (non-hydrogen) atoms. The zero-order valence-corrected chi connectivity index (χ0v) is 14.8. The van der Waals surface area contributed by atoms with Crippen LogP contribution in [0.1, 0.15) is 53.4 Å². The fourth-order valence-corrected chi connectivity index (χ4v) is 3.97. The highest BCUT2D eigenvalue weighted by molar-refractivity contribution is 8.13. The molecule has 1 aliphatic rings. The molecule has 0 aliphatic carbocycles. The number of carbonyl (C=O) groups is 1. The summed E-state index contributed by atoms with van der Waals surface area (Å²) in [5.74, 6) is 0.672. The smallest absolute Gasteiger partial charge is 0.190 e. The standard InChI is InChI=1S/C16H31NO3S/c1-15(2)7-5-8-16(3,4)17(15)9-6-14(19)21-13-12-20-11-10-18/h18H,5-13H2,1-4H3. The average molecular weight is 317 g/mol. The molecule has 0 aromatic heterocycles. The lowest BCUT2D eigenvalue weighted by molar-refractivity contribution is -0.112. The van der Waals surface area contributed by atoms with Crippen LogP contribution >= 0.6 is 11.8 Å². The fourth-order valence-electron chi connectivity index (χ4n) is 3.30. The molecule has 0 amide bonds. The van der Waals surface area contributed by atoms with Crippen LogP contribution in [0.25, 0.3) is 0 Å². The van der Waals surface area contributed by atoms with Gasteiger partial charge in [-0.1, -0.05) is 11.8 Å². The van der Waals surface area contributed by atoms with Crippen LogP contribution in [0.3, 0.4) is 0 Å². The lowest BCUT2D eigenvalue weighted by atomic mass is 9.80. The molecule has 1 fully saturated rings. The molecule has 1 aliphatic heterocycles. The molecule has 0 bridgehead atoms. The van der Waals surface area contributed by atoms with Crippen molar-refractivity contribution in [1.82, 2.24) is 4.90 Å². The quantitative estimate of drug-likeness (QED) is 0.698. The van der Waals surface area contributed by atoms with Crippen LogP contribution in [0.2, 0.25) is 0 Å². The van der Waals surface area contributed by atoms with E-state index in [0.29, 0.717) is 25.4 Å². The number of likely N-dealkylation sites (tertiary alicyclic amines) is 1. The first-order valence-corrected chi connectivity index (χ1v) is 8.90. The van der Waals surface area contributed by atoms with Crippen molar-refractivity contribution in [2.24, 2.45) is 0 Å². The second-order valence-electron chi connectivity index (χ2n) is 6.94. The molecule has 0 saturated carbocycles. The Morgan fingerprint density at radius 3 is 2.38 bits per heavy atom. The number of carbonyl (C=O) groups excluding carboxylic acids is 1. The van der Waals surface area contributed by atoms with E-state index in [4.69, 9.17) is 9.84 Å². The number of ether oxygens (including phenoxy) is 1. The van der Waals surface area contributed by atoms with Crippen molar-refractivity contribution in [2.75, 3.05) is 32.1 Å². The normalized spacial score (nSPS) is 21.4. The Hall–Kier alpha value is -0.100. The van der Waals surface area contributed by atoms with E-state index in [2.05, 4.69) is 32.6 Å². The van der Waals surface area contributed by atoms with Crippen LogP contribution in [0.15, 0.2) is 0 Å². The summed E-state index contributed by atoms with van der Waals surface area (Å²) < 4.78 is 5.16. The summed E-state index contributed by atoms with van der Waals surface area (Å²) >= 11 is 1.34. The Labute approximate surface area is 133 Å². The summed E-state index contributed by atoms with van der Waals surface area (Å²) in [5, 5.41) is 8.83. The first kappa shape index (κ1) is 18.9. The molecule has 0 aromatic carbocycles. The van der Waals surface area contributed by atoms with Crippen LogP contribution in [0.5, 0.6) is 0 Å². The summed E-state index contributed by atoms with van der Waals surface area (Å²) in [6, 6.07) is 0. The second kappa shape index (κ2) is 8.51. The maximum absolute atomic E-state index is 12.0. The molecular weight excluding hydrogens is 286 g/mol. The highest BCUT2D eigenvalue weighted by Gasteiger charge is 2.40. The molecule has 4 nitrogen and oxygen atoms in total. The summed E-state index contributed by atoms with van der Waals surface area (Å²) in [6.07, 6.45) is 4.26. The lowest BCUT2D eigenvalue weighted by Gasteiger charge is -2.53. The molecule has 1 saturated heterocycles. The summed E-state index contributed by atoms with van der Waals surface area (Å²) in [4.78, 5) is 14.5. The molecule has 0 radical (unpaired) electrons. The molecule has 0 spiro atoms. The van der Waals surface area contributed by atoms with Gasteiger partial charge in [-0.3, -0.25) is 9.69 Å². The Balaban J connectivity index is 2.33. The Bertz CT molecular complexity index is 315. The topological polar surface area (TPSA) is 49.8 Å². The predicted octanol–water partition coefficient (Wildman–Crippen LogP) is 2.69. The minimum atomic E-state index is 0.0394. The molecular formula is C16H31NO3S. The Morgan fingerprint density at radius 2 is 1.81 bits per heavy atom. The third kappa shape index (κ3) is 6.27. The molecule has 124 valence electrons. The van der Waals surface area contributed by atoms with Crippen LogP contribution < -0.4 is 0 Å². The maximum atomic E-state index is 12.0. The summed E-state index contributed by atoms with van der Waals surface area (Å²) in [5.41, 5.74) is 0.355. The number of piperidine rings is 1. The van der Waals surface area contributed by atoms with Crippen LogP contribution in [0.4, 0.5) is 0 Å². The van der Waals surface area contributed by atoms with Gasteiger partial charge in [0.2, 0.25) is 0 Å². The molecule has 1 rings (SSSR count). The van der Waals surface area contributed by atoms with Gasteiger partial charge in [0.05, 0.1) is 19.8 Å². The van der Waals surface area contributed by atoms with E-state index in [1.54, 1.807) is 0 Å². The zero-order chi connectivity index (χ0) is 15.9. The summed E-state index contributed by atoms with van der Waals surface area (Å²) in [7, 11) is 0. The van der Waals surface area contributed by atoms with Gasteiger partial charge in [-0.25, -0.2) is 0 Å². The van der Waals surface area contributed by atoms with Crippen molar-refractivity contribution in [3.05, 3.63) is 0 Å². The number of thioether (sulfide) groups is 1. The minimum Gasteiger partial charge on any atom is -0.394 e. The highest BCUT2D eigenvalue weighted by Crippen LogP contribution is 2.38. The monoisotopic (exact) mass is 317 g/mol. The Kier molecular flexibility index (Phi) is 7.68. The van der Waals surface area contributed by atoms with Crippen LogP contribution in [-0.4, -0.2) is 58.3 Å². The van der Waals surface area contributed by atoms with E-state index in [-0.39, 0.29) is 22.8 Å². The second-order valence-corrected chi connectivity index (χ2v) is 8.09. The molecule has 0 aromatic rings. The maximum Gasteiger partial charge on any atom is 0.190 e. The van der Waals surface area contributed by atoms with Gasteiger partial charge in [0.25, 0.3) is 0 Å². The van der Waals surface area contributed by atoms with E-state index in [1.807, 2.05) is 0 Å². The van der Waals surface area contributed by atoms with Gasteiger partial charge in [-0.2, -0.15) is 0 Å². The van der Waals surface area contributed by atoms with E-state index < -0.39 is 0 Å². The van der Waals surface area contributed by atoms with Gasteiger partial charge in [0.15, 0.2) is 5.12 Å². The van der Waals surface area contributed by atoms with Crippen LogP contribution in [-0.2, 0) is 9.53 Å². The van der Waals surface area contributed by atoms with Crippen LogP contribution in [0, 0.1) is 0 Å². The first-order valence-electron chi connectivity index (χ1n) is 7.91. The third-order valence-corrected chi connectivity index (χ3v) is 5.20. The highest BCUT2D eigenvalue weighted by atomic mass is 32.2. The zero-order valence-electron chi connectivity index (χ0n) is 14.0. The summed E-state index contributed by atoms with van der Waals surface area (Å²) in [6.45, 7) is 10.9. The number of aliphatic hydroxyl groups is 1.